The molecule has 4 heteroatoms. The lowest BCUT2D eigenvalue weighted by Crippen LogP contribution is -2.34. The van der Waals surface area contributed by atoms with Gasteiger partial charge in [0.05, 0.1) is 11.0 Å². The summed E-state index contributed by atoms with van der Waals surface area (Å²) in [5.41, 5.74) is 2.20. The van der Waals surface area contributed by atoms with Crippen molar-refractivity contribution in [3.05, 3.63) is 30.1 Å². The third kappa shape index (κ3) is 2.71. The Morgan fingerprint density at radius 1 is 1.39 bits per heavy atom. The molecule has 1 atom stereocenters. The van der Waals surface area contributed by atoms with Gasteiger partial charge in [0.15, 0.2) is 0 Å². The SMILES string of the molecule is CCNC(CCO)Cn1c(C)nc2ccccc21. The van der Waals surface area contributed by atoms with Gasteiger partial charge in [-0.1, -0.05) is 19.1 Å². The molecule has 1 aromatic heterocycles. The van der Waals surface area contributed by atoms with Gasteiger partial charge in [-0.25, -0.2) is 4.98 Å². The molecule has 0 aliphatic carbocycles. The first-order chi connectivity index (χ1) is 8.76. The lowest BCUT2D eigenvalue weighted by atomic mass is 10.2. The van der Waals surface area contributed by atoms with Crippen LogP contribution in [0.4, 0.5) is 0 Å². The molecule has 0 aliphatic heterocycles. The van der Waals surface area contributed by atoms with Gasteiger partial charge in [-0.15, -0.1) is 0 Å². The maximum atomic E-state index is 9.11. The van der Waals surface area contributed by atoms with Gasteiger partial charge >= 0.3 is 0 Å². The monoisotopic (exact) mass is 247 g/mol. The average molecular weight is 247 g/mol. The minimum absolute atomic E-state index is 0.212. The highest BCUT2D eigenvalue weighted by Crippen LogP contribution is 2.16. The van der Waals surface area contributed by atoms with E-state index in [4.69, 9.17) is 5.11 Å². The van der Waals surface area contributed by atoms with Crippen LogP contribution in [-0.4, -0.2) is 33.9 Å². The Morgan fingerprint density at radius 3 is 2.89 bits per heavy atom. The summed E-state index contributed by atoms with van der Waals surface area (Å²) in [6.07, 6.45) is 0.764. The van der Waals surface area contributed by atoms with Crippen molar-refractivity contribution >= 4 is 11.0 Å². The number of imidazole rings is 1. The number of aliphatic hydroxyl groups excluding tert-OH is 1. The maximum absolute atomic E-state index is 9.11. The minimum atomic E-state index is 0.212. The van der Waals surface area contributed by atoms with Crippen LogP contribution in [0.25, 0.3) is 11.0 Å². The summed E-state index contributed by atoms with van der Waals surface area (Å²) in [6.45, 7) is 6.09. The predicted molar refractivity (Wildman–Crippen MR) is 73.6 cm³/mol. The molecule has 98 valence electrons. The highest BCUT2D eigenvalue weighted by atomic mass is 16.3. The molecule has 2 N–H and O–H groups in total. The van der Waals surface area contributed by atoms with Crippen molar-refractivity contribution in [2.45, 2.75) is 32.9 Å². The number of rotatable bonds is 6. The number of nitrogens with one attached hydrogen (secondary N) is 1. The van der Waals surface area contributed by atoms with Gasteiger partial charge in [-0.3, -0.25) is 0 Å². The number of hydrogen-bond donors (Lipinski definition) is 2. The number of para-hydroxylation sites is 2. The Hall–Kier alpha value is -1.39. The number of likely N-dealkylation sites (N-methyl/N-ethyl adjacent to an activating group) is 1. The molecule has 1 unspecified atom stereocenters. The third-order valence-corrected chi connectivity index (χ3v) is 3.22. The third-order valence-electron chi connectivity index (χ3n) is 3.22. The van der Waals surface area contributed by atoms with E-state index in [1.165, 1.54) is 0 Å². The number of aromatic nitrogens is 2. The van der Waals surface area contributed by atoms with Gasteiger partial charge in [0.1, 0.15) is 5.82 Å². The summed E-state index contributed by atoms with van der Waals surface area (Å²) in [7, 11) is 0. The van der Waals surface area contributed by atoms with E-state index in [2.05, 4.69) is 27.9 Å². The Balaban J connectivity index is 2.26. The van der Waals surface area contributed by atoms with E-state index in [-0.39, 0.29) is 12.6 Å². The van der Waals surface area contributed by atoms with Crippen molar-refractivity contribution < 1.29 is 5.11 Å². The number of fused-ring (bicyclic) bond motifs is 1. The zero-order valence-corrected chi connectivity index (χ0v) is 11.1. The molecule has 0 fully saturated rings. The van der Waals surface area contributed by atoms with Crippen LogP contribution in [0.3, 0.4) is 0 Å². The molecular formula is C14H21N3O. The zero-order valence-electron chi connectivity index (χ0n) is 11.1. The van der Waals surface area contributed by atoms with E-state index in [1.54, 1.807) is 0 Å². The van der Waals surface area contributed by atoms with E-state index in [1.807, 2.05) is 25.1 Å². The normalized spacial score (nSPS) is 13.1. The van der Waals surface area contributed by atoms with Gasteiger partial charge in [0, 0.05) is 19.2 Å². The standard InChI is InChI=1S/C14H21N3O/c1-3-15-12(8-9-18)10-17-11(2)16-13-6-4-5-7-14(13)17/h4-7,12,15,18H,3,8-10H2,1-2H3. The molecule has 0 bridgehead atoms. The van der Waals surface area contributed by atoms with E-state index in [9.17, 15) is 0 Å². The van der Waals surface area contributed by atoms with Crippen molar-refractivity contribution in [2.75, 3.05) is 13.2 Å². The van der Waals surface area contributed by atoms with E-state index >= 15 is 0 Å². The van der Waals surface area contributed by atoms with Crippen LogP contribution in [-0.2, 0) is 6.54 Å². The van der Waals surface area contributed by atoms with Crippen molar-refractivity contribution in [3.8, 4) is 0 Å². The highest BCUT2D eigenvalue weighted by Gasteiger charge is 2.12. The Morgan fingerprint density at radius 2 is 2.17 bits per heavy atom. The molecule has 0 saturated heterocycles. The molecule has 2 aromatic rings. The van der Waals surface area contributed by atoms with Gasteiger partial charge in [-0.2, -0.15) is 0 Å². The lowest BCUT2D eigenvalue weighted by Gasteiger charge is -2.18. The fourth-order valence-electron chi connectivity index (χ4n) is 2.35. The van der Waals surface area contributed by atoms with E-state index in [0.717, 1.165) is 36.4 Å². The predicted octanol–water partition coefficient (Wildman–Crippen LogP) is 1.71. The fourth-order valence-corrected chi connectivity index (χ4v) is 2.35. The molecule has 0 aliphatic rings. The Labute approximate surface area is 108 Å². The zero-order chi connectivity index (χ0) is 13.0. The molecule has 1 heterocycles. The molecular weight excluding hydrogens is 226 g/mol. The van der Waals surface area contributed by atoms with Gasteiger partial charge < -0.3 is 15.0 Å². The Kier molecular flexibility index (Phi) is 4.33. The molecule has 18 heavy (non-hydrogen) atoms. The second kappa shape index (κ2) is 5.98. The van der Waals surface area contributed by atoms with Crippen molar-refractivity contribution in [3.63, 3.8) is 0 Å². The first-order valence-electron chi connectivity index (χ1n) is 6.52. The summed E-state index contributed by atoms with van der Waals surface area (Å²) in [4.78, 5) is 4.56. The van der Waals surface area contributed by atoms with Crippen LogP contribution in [0.2, 0.25) is 0 Å². The minimum Gasteiger partial charge on any atom is -0.396 e. The summed E-state index contributed by atoms with van der Waals surface area (Å²) < 4.78 is 2.22. The lowest BCUT2D eigenvalue weighted by molar-refractivity contribution is 0.258. The molecule has 0 amide bonds. The first-order valence-corrected chi connectivity index (χ1v) is 6.52. The number of benzene rings is 1. The van der Waals surface area contributed by atoms with Crippen LogP contribution in [0.5, 0.6) is 0 Å². The van der Waals surface area contributed by atoms with Crippen LogP contribution in [0.15, 0.2) is 24.3 Å². The second-order valence-corrected chi connectivity index (χ2v) is 4.53. The van der Waals surface area contributed by atoms with Gasteiger partial charge in [-0.05, 0) is 32.0 Å². The molecule has 0 saturated carbocycles. The van der Waals surface area contributed by atoms with Crippen LogP contribution >= 0.6 is 0 Å². The number of nitrogens with zero attached hydrogens (tertiary/aromatic N) is 2. The highest BCUT2D eigenvalue weighted by molar-refractivity contribution is 5.75. The Bertz CT molecular complexity index is 501. The summed E-state index contributed by atoms with van der Waals surface area (Å²) in [5.74, 6) is 1.03. The molecule has 0 spiro atoms. The van der Waals surface area contributed by atoms with E-state index in [0.29, 0.717) is 0 Å². The smallest absolute Gasteiger partial charge is 0.106 e. The van der Waals surface area contributed by atoms with Crippen molar-refractivity contribution in [2.24, 2.45) is 0 Å². The summed E-state index contributed by atoms with van der Waals surface area (Å²) in [6, 6.07) is 8.46. The average Bonchev–Trinajstić information content (AvgIpc) is 2.67. The first kappa shape index (κ1) is 13.1. The number of hydrogen-bond acceptors (Lipinski definition) is 3. The molecule has 4 nitrogen and oxygen atoms in total. The van der Waals surface area contributed by atoms with Gasteiger partial charge in [0.25, 0.3) is 0 Å². The quantitative estimate of drug-likeness (QED) is 0.817. The van der Waals surface area contributed by atoms with Gasteiger partial charge in [0.2, 0.25) is 0 Å². The van der Waals surface area contributed by atoms with E-state index < -0.39 is 0 Å². The van der Waals surface area contributed by atoms with Crippen molar-refractivity contribution in [1.82, 2.24) is 14.9 Å². The van der Waals surface area contributed by atoms with Crippen LogP contribution in [0, 0.1) is 6.92 Å². The fraction of sp³-hybridized carbons (Fsp3) is 0.500. The van der Waals surface area contributed by atoms with Crippen LogP contribution < -0.4 is 5.32 Å². The summed E-state index contributed by atoms with van der Waals surface area (Å²) >= 11 is 0. The van der Waals surface area contributed by atoms with Crippen molar-refractivity contribution in [1.29, 1.82) is 0 Å². The van der Waals surface area contributed by atoms with Crippen LogP contribution in [0.1, 0.15) is 19.2 Å². The number of aryl methyl sites for hydroxylation is 1. The maximum Gasteiger partial charge on any atom is 0.106 e. The molecule has 1 aromatic carbocycles. The molecule has 2 rings (SSSR count). The molecule has 0 radical (unpaired) electrons. The topological polar surface area (TPSA) is 50.1 Å². The number of aliphatic hydroxyl groups is 1. The largest absolute Gasteiger partial charge is 0.396 e. The summed E-state index contributed by atoms with van der Waals surface area (Å²) in [5, 5.41) is 12.5. The second-order valence-electron chi connectivity index (χ2n) is 4.53.